The first-order valence-corrected chi connectivity index (χ1v) is 11.8. The van der Waals surface area contributed by atoms with Crippen LogP contribution in [0.4, 0.5) is 18.9 Å². The molecule has 0 saturated heterocycles. The Hall–Kier alpha value is -2.55. The number of anilines is 1. The molecule has 168 valence electrons. The number of amides is 1. The van der Waals surface area contributed by atoms with Crippen molar-refractivity contribution in [2.45, 2.75) is 44.3 Å². The number of hydrogen-bond acceptors (Lipinski definition) is 3. The number of benzene rings is 2. The molecule has 1 aliphatic rings. The van der Waals surface area contributed by atoms with Crippen molar-refractivity contribution in [1.82, 2.24) is 5.32 Å². The van der Waals surface area contributed by atoms with Crippen LogP contribution in [0.25, 0.3) is 0 Å². The van der Waals surface area contributed by atoms with E-state index in [4.69, 9.17) is 0 Å². The molecule has 1 aliphatic carbocycles. The first kappa shape index (κ1) is 23.1. The van der Waals surface area contributed by atoms with Crippen LogP contribution in [0, 0.1) is 5.92 Å². The fourth-order valence-corrected chi connectivity index (χ4v) is 4.36. The predicted molar refractivity (Wildman–Crippen MR) is 113 cm³/mol. The molecule has 5 nitrogen and oxygen atoms in total. The van der Waals surface area contributed by atoms with Crippen molar-refractivity contribution in [2.24, 2.45) is 5.92 Å². The van der Waals surface area contributed by atoms with Crippen LogP contribution < -0.4 is 10.0 Å². The van der Waals surface area contributed by atoms with Crippen molar-refractivity contribution in [3.63, 3.8) is 0 Å². The monoisotopic (exact) mass is 454 g/mol. The standard InChI is InChI=1S/C22H25F3N2O3S/c1-4-19(14-5-11-17(12-6-14)27-31(3,29)30)26-20(28)18-13-21(18,2)15-7-9-16(10-8-15)22(23,24)25/h5-12,18-19,27H,4,13H2,1-3H3,(H,26,28). The zero-order valence-electron chi connectivity index (χ0n) is 17.5. The molecule has 3 rings (SSSR count). The van der Waals surface area contributed by atoms with Gasteiger partial charge >= 0.3 is 6.18 Å². The van der Waals surface area contributed by atoms with Gasteiger partial charge in [-0.25, -0.2) is 8.42 Å². The van der Waals surface area contributed by atoms with E-state index in [-0.39, 0.29) is 17.9 Å². The van der Waals surface area contributed by atoms with Crippen LogP contribution in [-0.4, -0.2) is 20.6 Å². The molecule has 0 aromatic heterocycles. The highest BCUT2D eigenvalue weighted by Crippen LogP contribution is 2.54. The van der Waals surface area contributed by atoms with Crippen molar-refractivity contribution in [3.8, 4) is 0 Å². The van der Waals surface area contributed by atoms with Gasteiger partial charge in [-0.15, -0.1) is 0 Å². The first-order valence-electron chi connectivity index (χ1n) is 9.89. The van der Waals surface area contributed by atoms with Crippen molar-refractivity contribution < 1.29 is 26.4 Å². The van der Waals surface area contributed by atoms with Gasteiger partial charge < -0.3 is 5.32 Å². The zero-order valence-corrected chi connectivity index (χ0v) is 18.3. The maximum absolute atomic E-state index is 12.8. The third-order valence-corrected chi connectivity index (χ3v) is 6.37. The van der Waals surface area contributed by atoms with E-state index in [1.54, 1.807) is 24.3 Å². The smallest absolute Gasteiger partial charge is 0.349 e. The molecule has 9 heteroatoms. The maximum atomic E-state index is 12.8. The normalized spacial score (nSPS) is 21.9. The van der Waals surface area contributed by atoms with Crippen molar-refractivity contribution in [3.05, 3.63) is 65.2 Å². The molecule has 0 aliphatic heterocycles. The fourth-order valence-electron chi connectivity index (χ4n) is 3.80. The summed E-state index contributed by atoms with van der Waals surface area (Å²) in [6.07, 6.45) is -2.12. The number of sulfonamides is 1. The highest BCUT2D eigenvalue weighted by Gasteiger charge is 2.55. The number of nitrogens with one attached hydrogen (secondary N) is 2. The Balaban J connectivity index is 1.66. The van der Waals surface area contributed by atoms with E-state index in [0.29, 0.717) is 24.1 Å². The molecule has 1 fully saturated rings. The summed E-state index contributed by atoms with van der Waals surface area (Å²) in [4.78, 5) is 12.8. The quantitative estimate of drug-likeness (QED) is 0.641. The highest BCUT2D eigenvalue weighted by atomic mass is 32.2. The van der Waals surface area contributed by atoms with Crippen LogP contribution in [0.15, 0.2) is 48.5 Å². The van der Waals surface area contributed by atoms with Crippen molar-refractivity contribution >= 4 is 21.6 Å². The minimum Gasteiger partial charge on any atom is -0.349 e. The second-order valence-corrected chi connectivity index (χ2v) is 9.96. The fraction of sp³-hybridized carbons (Fsp3) is 0.409. The van der Waals surface area contributed by atoms with Gasteiger partial charge in [-0.05, 0) is 48.2 Å². The van der Waals surface area contributed by atoms with E-state index in [9.17, 15) is 26.4 Å². The van der Waals surface area contributed by atoms with Crippen molar-refractivity contribution in [1.29, 1.82) is 0 Å². The second-order valence-electron chi connectivity index (χ2n) is 8.21. The number of rotatable bonds is 7. The molecule has 0 spiro atoms. The third-order valence-electron chi connectivity index (χ3n) is 5.77. The van der Waals surface area contributed by atoms with Gasteiger partial charge in [-0.3, -0.25) is 9.52 Å². The van der Waals surface area contributed by atoms with Gasteiger partial charge in [-0.2, -0.15) is 13.2 Å². The molecule has 3 unspecified atom stereocenters. The van der Waals surface area contributed by atoms with Gasteiger partial charge in [0.2, 0.25) is 15.9 Å². The summed E-state index contributed by atoms with van der Waals surface area (Å²) in [6, 6.07) is 11.5. The van der Waals surface area contributed by atoms with E-state index in [0.717, 1.165) is 24.0 Å². The molecule has 0 heterocycles. The summed E-state index contributed by atoms with van der Waals surface area (Å²) >= 11 is 0. The Labute approximate surface area is 180 Å². The zero-order chi connectivity index (χ0) is 23.0. The maximum Gasteiger partial charge on any atom is 0.416 e. The lowest BCUT2D eigenvalue weighted by Gasteiger charge is -2.19. The summed E-state index contributed by atoms with van der Waals surface area (Å²) in [5, 5.41) is 3.02. The van der Waals surface area contributed by atoms with E-state index < -0.39 is 27.2 Å². The van der Waals surface area contributed by atoms with Gasteiger partial charge in [0.15, 0.2) is 0 Å². The minimum absolute atomic E-state index is 0.146. The second kappa shape index (κ2) is 8.18. The number of hydrogen-bond donors (Lipinski definition) is 2. The topological polar surface area (TPSA) is 75.3 Å². The van der Waals surface area contributed by atoms with Gasteiger partial charge in [-0.1, -0.05) is 38.1 Å². The van der Waals surface area contributed by atoms with E-state index in [1.165, 1.54) is 12.1 Å². The van der Waals surface area contributed by atoms with Crippen LogP contribution in [-0.2, 0) is 26.4 Å². The average Bonchev–Trinajstić information content (AvgIpc) is 3.38. The van der Waals surface area contributed by atoms with Crippen LogP contribution in [0.2, 0.25) is 0 Å². The third kappa shape index (κ3) is 5.39. The molecule has 2 aromatic rings. The van der Waals surface area contributed by atoms with E-state index in [2.05, 4.69) is 10.0 Å². The number of halogens is 3. The number of carbonyl (C=O) groups excluding carboxylic acids is 1. The Morgan fingerprint density at radius 2 is 1.71 bits per heavy atom. The number of carbonyl (C=O) groups is 1. The minimum atomic E-state index is -4.39. The van der Waals surface area contributed by atoms with Gasteiger partial charge in [0.05, 0.1) is 17.9 Å². The summed E-state index contributed by atoms with van der Waals surface area (Å²) in [6.45, 7) is 3.81. The molecule has 31 heavy (non-hydrogen) atoms. The first-order chi connectivity index (χ1) is 14.3. The van der Waals surface area contributed by atoms with Crippen LogP contribution in [0.1, 0.15) is 49.4 Å². The highest BCUT2D eigenvalue weighted by molar-refractivity contribution is 7.92. The number of alkyl halides is 3. The van der Waals surface area contributed by atoms with Crippen LogP contribution in [0.3, 0.4) is 0 Å². The SMILES string of the molecule is CCC(NC(=O)C1CC1(C)c1ccc(C(F)(F)F)cc1)c1ccc(NS(C)(=O)=O)cc1. The Bertz CT molecular complexity index is 1050. The summed E-state index contributed by atoms with van der Waals surface area (Å²) in [7, 11) is -3.37. The van der Waals surface area contributed by atoms with E-state index in [1.807, 2.05) is 13.8 Å². The Morgan fingerprint density at radius 1 is 1.13 bits per heavy atom. The molecular weight excluding hydrogens is 429 g/mol. The average molecular weight is 455 g/mol. The molecule has 0 radical (unpaired) electrons. The lowest BCUT2D eigenvalue weighted by atomic mass is 9.94. The summed E-state index contributed by atoms with van der Waals surface area (Å²) in [5.74, 6) is -0.461. The lowest BCUT2D eigenvalue weighted by Crippen LogP contribution is -2.31. The molecule has 3 atom stereocenters. The summed E-state index contributed by atoms with van der Waals surface area (Å²) < 4.78 is 63.4. The van der Waals surface area contributed by atoms with Gasteiger partial charge in [0.1, 0.15) is 0 Å². The molecule has 1 saturated carbocycles. The Morgan fingerprint density at radius 3 is 2.19 bits per heavy atom. The molecule has 2 aromatic carbocycles. The lowest BCUT2D eigenvalue weighted by molar-refractivity contribution is -0.137. The van der Waals surface area contributed by atoms with E-state index >= 15 is 0 Å². The molecule has 2 N–H and O–H groups in total. The van der Waals surface area contributed by atoms with Crippen molar-refractivity contribution in [2.75, 3.05) is 11.0 Å². The van der Waals surface area contributed by atoms with Gasteiger partial charge in [0, 0.05) is 17.0 Å². The predicted octanol–water partition coefficient (Wildman–Crippen LogP) is 4.62. The van der Waals surface area contributed by atoms with Crippen LogP contribution >= 0.6 is 0 Å². The largest absolute Gasteiger partial charge is 0.416 e. The van der Waals surface area contributed by atoms with Gasteiger partial charge in [0.25, 0.3) is 0 Å². The molecule has 0 bridgehead atoms. The molecular formula is C22H25F3N2O3S. The molecule has 1 amide bonds. The van der Waals surface area contributed by atoms with Crippen LogP contribution in [0.5, 0.6) is 0 Å². The summed E-state index contributed by atoms with van der Waals surface area (Å²) in [5.41, 5.74) is 0.790. The Kier molecular flexibility index (Phi) is 6.10.